The molecule has 1 heterocycles. The van der Waals surface area contributed by atoms with Crippen molar-refractivity contribution in [3.63, 3.8) is 0 Å². The Kier molecular flexibility index (Phi) is 3.68. The summed E-state index contributed by atoms with van der Waals surface area (Å²) < 4.78 is 1.51. The fourth-order valence-corrected chi connectivity index (χ4v) is 3.43. The Balaban J connectivity index is 2.21. The zero-order chi connectivity index (χ0) is 12.4. The van der Waals surface area contributed by atoms with Crippen molar-refractivity contribution in [1.29, 1.82) is 0 Å². The molecule has 0 aliphatic heterocycles. The summed E-state index contributed by atoms with van der Waals surface area (Å²) in [6, 6.07) is 0.448. The maximum Gasteiger partial charge on any atom is 0.339 e. The van der Waals surface area contributed by atoms with Gasteiger partial charge in [0.1, 0.15) is 0 Å². The van der Waals surface area contributed by atoms with E-state index in [0.29, 0.717) is 16.4 Å². The minimum atomic E-state index is -0.718. The van der Waals surface area contributed by atoms with Gasteiger partial charge in [0, 0.05) is 18.3 Å². The molecule has 2 N–H and O–H groups in total. The van der Waals surface area contributed by atoms with Gasteiger partial charge in [-0.1, -0.05) is 18.2 Å². The molecule has 0 amide bonds. The third-order valence-electron chi connectivity index (χ3n) is 3.03. The molecule has 0 spiro atoms. The highest BCUT2D eigenvalue weighted by Gasteiger charge is 2.27. The Morgan fingerprint density at radius 1 is 1.47 bits per heavy atom. The molecular weight excluding hydrogens is 240 g/mol. The standard InChI is InChI=1S/C10H16N4O2S/c1-11-6-4-3-5-7(6)17-10-12-8(15)9(16)13-14(10)2/h6-7,11H,3-5H2,1-2H3,(H,13,16). The number of aromatic amines is 1. The van der Waals surface area contributed by atoms with Gasteiger partial charge in [-0.2, -0.15) is 4.98 Å². The number of thioether (sulfide) groups is 1. The van der Waals surface area contributed by atoms with Crippen LogP contribution in [0.15, 0.2) is 14.7 Å². The van der Waals surface area contributed by atoms with Crippen LogP contribution in [0.2, 0.25) is 0 Å². The van der Waals surface area contributed by atoms with Crippen LogP contribution in [0, 0.1) is 0 Å². The van der Waals surface area contributed by atoms with Gasteiger partial charge in [-0.25, -0.2) is 0 Å². The van der Waals surface area contributed by atoms with E-state index < -0.39 is 11.1 Å². The molecule has 0 radical (unpaired) electrons. The zero-order valence-electron chi connectivity index (χ0n) is 9.90. The minimum absolute atomic E-state index is 0.406. The molecule has 2 unspecified atom stereocenters. The molecular formula is C10H16N4O2S. The average Bonchev–Trinajstić information content (AvgIpc) is 2.73. The molecule has 2 rings (SSSR count). The smallest absolute Gasteiger partial charge is 0.316 e. The Bertz CT molecular complexity index is 510. The summed E-state index contributed by atoms with van der Waals surface area (Å²) in [4.78, 5) is 26.1. The Morgan fingerprint density at radius 3 is 2.94 bits per heavy atom. The van der Waals surface area contributed by atoms with E-state index in [4.69, 9.17) is 0 Å². The van der Waals surface area contributed by atoms with Gasteiger partial charge in [0.25, 0.3) is 0 Å². The first-order chi connectivity index (χ1) is 8.11. The van der Waals surface area contributed by atoms with Crippen LogP contribution in [0.5, 0.6) is 0 Å². The van der Waals surface area contributed by atoms with Crippen molar-refractivity contribution in [2.75, 3.05) is 7.05 Å². The Labute approximate surface area is 103 Å². The number of nitrogens with zero attached hydrogens (tertiary/aromatic N) is 2. The lowest BCUT2D eigenvalue weighted by Gasteiger charge is -2.18. The van der Waals surface area contributed by atoms with Crippen molar-refractivity contribution in [3.8, 4) is 0 Å². The molecule has 0 saturated heterocycles. The van der Waals surface area contributed by atoms with Gasteiger partial charge in [0.05, 0.1) is 0 Å². The first-order valence-electron chi connectivity index (χ1n) is 5.63. The number of aryl methyl sites for hydroxylation is 1. The van der Waals surface area contributed by atoms with E-state index in [1.165, 1.54) is 11.1 Å². The molecule has 1 aliphatic rings. The van der Waals surface area contributed by atoms with Crippen LogP contribution in [0.3, 0.4) is 0 Å². The first kappa shape index (κ1) is 12.4. The summed E-state index contributed by atoms with van der Waals surface area (Å²) in [6.07, 6.45) is 3.43. The number of nitrogens with one attached hydrogen (secondary N) is 2. The zero-order valence-corrected chi connectivity index (χ0v) is 10.7. The molecule has 1 aromatic rings. The predicted octanol–water partition coefficient (Wildman–Crippen LogP) is -0.299. The lowest BCUT2D eigenvalue weighted by molar-refractivity contribution is 0.575. The van der Waals surface area contributed by atoms with Crippen molar-refractivity contribution in [2.24, 2.45) is 7.05 Å². The van der Waals surface area contributed by atoms with Gasteiger partial charge in [-0.15, -0.1) is 0 Å². The second kappa shape index (κ2) is 5.05. The number of rotatable bonds is 3. The lowest BCUT2D eigenvalue weighted by Crippen LogP contribution is -2.35. The van der Waals surface area contributed by atoms with Crippen molar-refractivity contribution in [1.82, 2.24) is 20.1 Å². The van der Waals surface area contributed by atoms with Crippen LogP contribution >= 0.6 is 11.8 Å². The van der Waals surface area contributed by atoms with Crippen molar-refractivity contribution in [3.05, 3.63) is 20.7 Å². The van der Waals surface area contributed by atoms with Crippen LogP contribution in [-0.2, 0) is 7.05 Å². The van der Waals surface area contributed by atoms with Crippen LogP contribution in [-0.4, -0.2) is 33.1 Å². The SMILES string of the molecule is CNC1CCCC1Sc1nc(=O)c(=O)[nH]n1C. The van der Waals surface area contributed by atoms with Crippen molar-refractivity contribution < 1.29 is 0 Å². The molecule has 1 saturated carbocycles. The maximum absolute atomic E-state index is 11.2. The monoisotopic (exact) mass is 256 g/mol. The van der Waals surface area contributed by atoms with Crippen LogP contribution in [0.1, 0.15) is 19.3 Å². The first-order valence-corrected chi connectivity index (χ1v) is 6.51. The Morgan fingerprint density at radius 2 is 2.24 bits per heavy atom. The van der Waals surface area contributed by atoms with Crippen LogP contribution in [0.25, 0.3) is 0 Å². The summed E-state index contributed by atoms with van der Waals surface area (Å²) in [5.74, 6) is 0. The fourth-order valence-electron chi connectivity index (χ4n) is 2.10. The maximum atomic E-state index is 11.2. The third kappa shape index (κ3) is 2.61. The van der Waals surface area contributed by atoms with Gasteiger partial charge in [0.15, 0.2) is 5.16 Å². The quantitative estimate of drug-likeness (QED) is 0.726. The predicted molar refractivity (Wildman–Crippen MR) is 66.4 cm³/mol. The van der Waals surface area contributed by atoms with Crippen LogP contribution < -0.4 is 16.4 Å². The Hall–Kier alpha value is -1.08. The van der Waals surface area contributed by atoms with E-state index >= 15 is 0 Å². The number of aromatic nitrogens is 3. The van der Waals surface area contributed by atoms with E-state index in [1.807, 2.05) is 7.05 Å². The highest BCUT2D eigenvalue weighted by atomic mass is 32.2. The summed E-state index contributed by atoms with van der Waals surface area (Å²) >= 11 is 1.55. The molecule has 2 atom stereocenters. The molecule has 1 fully saturated rings. The topological polar surface area (TPSA) is 79.8 Å². The van der Waals surface area contributed by atoms with E-state index in [1.54, 1.807) is 18.8 Å². The summed E-state index contributed by atoms with van der Waals surface area (Å²) in [6.45, 7) is 0. The van der Waals surface area contributed by atoms with Gasteiger partial charge in [-0.3, -0.25) is 19.4 Å². The molecule has 1 aliphatic carbocycles. The van der Waals surface area contributed by atoms with E-state index in [9.17, 15) is 9.59 Å². The molecule has 94 valence electrons. The average molecular weight is 256 g/mol. The number of hydrogen-bond donors (Lipinski definition) is 2. The number of hydrogen-bond acceptors (Lipinski definition) is 5. The van der Waals surface area contributed by atoms with Gasteiger partial charge in [0.2, 0.25) is 0 Å². The fraction of sp³-hybridized carbons (Fsp3) is 0.700. The molecule has 0 bridgehead atoms. The third-order valence-corrected chi connectivity index (χ3v) is 4.47. The summed E-state index contributed by atoms with van der Waals surface area (Å²) in [5.41, 5.74) is -1.39. The normalized spacial score (nSPS) is 24.1. The minimum Gasteiger partial charge on any atom is -0.316 e. The molecule has 6 nitrogen and oxygen atoms in total. The summed E-state index contributed by atoms with van der Waals surface area (Å²) in [7, 11) is 3.64. The molecule has 1 aromatic heterocycles. The van der Waals surface area contributed by atoms with Crippen molar-refractivity contribution in [2.45, 2.75) is 35.7 Å². The lowest BCUT2D eigenvalue weighted by atomic mass is 10.2. The van der Waals surface area contributed by atoms with Gasteiger partial charge >= 0.3 is 11.1 Å². The van der Waals surface area contributed by atoms with E-state index in [-0.39, 0.29) is 0 Å². The highest BCUT2D eigenvalue weighted by molar-refractivity contribution is 7.99. The second-order valence-corrected chi connectivity index (χ2v) is 5.39. The van der Waals surface area contributed by atoms with Crippen LogP contribution in [0.4, 0.5) is 0 Å². The van der Waals surface area contributed by atoms with Gasteiger partial charge in [-0.05, 0) is 19.9 Å². The molecule has 7 heteroatoms. The highest BCUT2D eigenvalue weighted by Crippen LogP contribution is 2.33. The summed E-state index contributed by atoms with van der Waals surface area (Å²) in [5, 5.41) is 6.71. The largest absolute Gasteiger partial charge is 0.339 e. The van der Waals surface area contributed by atoms with Gasteiger partial charge < -0.3 is 5.32 Å². The van der Waals surface area contributed by atoms with E-state index in [0.717, 1.165) is 12.8 Å². The molecule has 17 heavy (non-hydrogen) atoms. The second-order valence-electron chi connectivity index (χ2n) is 4.18. The number of H-pyrrole nitrogens is 1. The van der Waals surface area contributed by atoms with E-state index in [2.05, 4.69) is 15.4 Å². The van der Waals surface area contributed by atoms with Crippen molar-refractivity contribution >= 4 is 11.8 Å². The molecule has 0 aromatic carbocycles.